The van der Waals surface area contributed by atoms with Crippen molar-refractivity contribution in [2.24, 2.45) is 5.16 Å². The highest BCUT2D eigenvalue weighted by atomic mass is 32.2. The third kappa shape index (κ3) is 6.63. The average Bonchev–Trinajstić information content (AvgIpc) is 3.67. The Balaban J connectivity index is 1.30. The number of amides is 2. The first-order chi connectivity index (χ1) is 22.0. The smallest absolute Gasteiger partial charge is 0.361 e. The van der Waals surface area contributed by atoms with Gasteiger partial charge in [-0.25, -0.2) is 14.6 Å². The number of nitrogens with two attached hydrogens (primary N) is 1. The van der Waals surface area contributed by atoms with Crippen molar-refractivity contribution in [2.75, 3.05) is 23.8 Å². The molecule has 6 N–H and O–H groups in total. The zero-order valence-corrected chi connectivity index (χ0v) is 26.6. The molecule has 3 aromatic heterocycles. The maximum absolute atomic E-state index is 13.3. The molecule has 46 heavy (non-hydrogen) atoms. The summed E-state index contributed by atoms with van der Waals surface area (Å²) in [6, 6.07) is -0.218. The van der Waals surface area contributed by atoms with Gasteiger partial charge in [0.1, 0.15) is 32.7 Å². The van der Waals surface area contributed by atoms with E-state index < -0.39 is 53.0 Å². The van der Waals surface area contributed by atoms with E-state index >= 15 is 0 Å². The maximum Gasteiger partial charge on any atom is 0.361 e. The van der Waals surface area contributed by atoms with E-state index in [0.29, 0.717) is 14.5 Å². The molecule has 18 nitrogen and oxygen atoms in total. The third-order valence-corrected chi connectivity index (χ3v) is 10.3. The number of pyridine rings is 1. The Hall–Kier alpha value is -4.67. The number of anilines is 1. The summed E-state index contributed by atoms with van der Waals surface area (Å²) in [6.45, 7) is 1.30. The first-order valence-electron chi connectivity index (χ1n) is 12.9. The minimum absolute atomic E-state index is 0.0113. The van der Waals surface area contributed by atoms with Crippen molar-refractivity contribution in [3.8, 4) is 5.75 Å². The normalized spacial score (nSPS) is 17.7. The monoisotopic (exact) mass is 710 g/mol. The van der Waals surface area contributed by atoms with Crippen LogP contribution >= 0.6 is 46.4 Å². The molecule has 5 heterocycles. The molecular weight excluding hydrogens is 689 g/mol. The fourth-order valence-electron chi connectivity index (χ4n) is 4.18. The summed E-state index contributed by atoms with van der Waals surface area (Å²) in [4.78, 5) is 73.0. The average molecular weight is 711 g/mol. The molecule has 0 bridgehead atoms. The molecule has 2 aliphatic heterocycles. The molecule has 3 aromatic rings. The number of oxime groups is 1. The van der Waals surface area contributed by atoms with Crippen LogP contribution in [0.25, 0.3) is 0 Å². The van der Waals surface area contributed by atoms with Crippen LogP contribution in [0.2, 0.25) is 0 Å². The molecule has 5 rings (SSSR count). The number of hydrogen-bond acceptors (Lipinski definition) is 18. The number of nitrogen functional groups attached to an aromatic ring is 1. The first kappa shape index (κ1) is 32.7. The summed E-state index contributed by atoms with van der Waals surface area (Å²) in [5.41, 5.74) is 4.68. The van der Waals surface area contributed by atoms with Crippen molar-refractivity contribution in [1.29, 1.82) is 0 Å². The van der Waals surface area contributed by atoms with Crippen LogP contribution in [-0.4, -0.2) is 98.6 Å². The van der Waals surface area contributed by atoms with Crippen molar-refractivity contribution in [3.63, 3.8) is 0 Å². The lowest BCUT2D eigenvalue weighted by Gasteiger charge is -2.49. The number of fused-ring (bicyclic) bond motifs is 1. The number of thiazole rings is 1. The minimum atomic E-state index is -1.34. The molecular formula is C24H22N8O10S4. The number of nitrogens with zero attached hydrogens (tertiary/aromatic N) is 6. The van der Waals surface area contributed by atoms with E-state index in [2.05, 4.69) is 25.0 Å². The van der Waals surface area contributed by atoms with Crippen molar-refractivity contribution in [2.45, 2.75) is 29.2 Å². The van der Waals surface area contributed by atoms with Crippen LogP contribution in [0.4, 0.5) is 5.13 Å². The molecule has 0 spiro atoms. The second-order valence-electron chi connectivity index (χ2n) is 9.18. The molecule has 0 unspecified atom stereocenters. The van der Waals surface area contributed by atoms with Gasteiger partial charge in [-0.2, -0.15) is 4.73 Å². The van der Waals surface area contributed by atoms with Crippen LogP contribution in [-0.2, 0) is 30.6 Å². The first-order valence-corrected chi connectivity index (χ1v) is 16.6. The number of aromatic hydroxyl groups is 1. The second kappa shape index (κ2) is 13.8. The molecule has 2 atom stereocenters. The second-order valence-corrected chi connectivity index (χ2v) is 13.2. The molecule has 1 saturated heterocycles. The van der Waals surface area contributed by atoms with Crippen LogP contribution in [0.3, 0.4) is 0 Å². The summed E-state index contributed by atoms with van der Waals surface area (Å²) in [5, 5.41) is 40.2. The fraction of sp³-hybridized carbons (Fsp3) is 0.292. The number of thioether (sulfide) groups is 2. The Morgan fingerprint density at radius 3 is 2.78 bits per heavy atom. The highest BCUT2D eigenvalue weighted by Gasteiger charge is 2.54. The number of carboxylic acid groups (broad SMARTS) is 1. The molecule has 242 valence electrons. The molecule has 0 aliphatic carbocycles. The Morgan fingerprint density at radius 2 is 2.09 bits per heavy atom. The number of rotatable bonds is 12. The van der Waals surface area contributed by atoms with Crippen molar-refractivity contribution >= 4 is 81.0 Å². The van der Waals surface area contributed by atoms with Gasteiger partial charge < -0.3 is 36.0 Å². The van der Waals surface area contributed by atoms with Gasteiger partial charge in [-0.1, -0.05) is 9.64 Å². The van der Waals surface area contributed by atoms with Gasteiger partial charge >= 0.3 is 11.9 Å². The Morgan fingerprint density at radius 1 is 1.30 bits per heavy atom. The standard InChI is InChI=1S/C24H22N8O10S4/c1-2-41-22(39)16-23(46-30-28-16)44-7-9-6-43-20-15(19(36)32(20)17(9)21(37)38)27-18(35)14(11-8-45-24(25)26-11)29-42-5-10-3-12(33)13(34)4-31(10)40/h3-4,8,15,20,34,40H,2,5-7H2,1H3,(H2,25,26)(H,27,35)(H,37,38)/b29-14-/t15-,20-/m1/s1. The third-order valence-electron chi connectivity index (χ3n) is 6.28. The number of aromatic nitrogens is 4. The summed E-state index contributed by atoms with van der Waals surface area (Å²) in [6.07, 6.45) is 0.760. The van der Waals surface area contributed by atoms with E-state index in [0.717, 1.165) is 51.8 Å². The molecule has 2 aliphatic rings. The van der Waals surface area contributed by atoms with E-state index in [4.69, 9.17) is 15.3 Å². The molecule has 1 fully saturated rings. The molecule has 2 amide bonds. The maximum atomic E-state index is 13.3. The van der Waals surface area contributed by atoms with E-state index in [-0.39, 0.29) is 51.7 Å². The summed E-state index contributed by atoms with van der Waals surface area (Å²) < 4.78 is 9.64. The van der Waals surface area contributed by atoms with Crippen molar-refractivity contribution < 1.29 is 44.2 Å². The van der Waals surface area contributed by atoms with Crippen LogP contribution < -0.4 is 16.5 Å². The van der Waals surface area contributed by atoms with Gasteiger partial charge in [-0.05, 0) is 24.0 Å². The van der Waals surface area contributed by atoms with Gasteiger partial charge in [-0.15, -0.1) is 40.0 Å². The van der Waals surface area contributed by atoms with Crippen LogP contribution in [0.1, 0.15) is 28.8 Å². The number of hydrogen-bond donors (Lipinski definition) is 5. The van der Waals surface area contributed by atoms with E-state index in [9.17, 15) is 39.4 Å². The SMILES string of the molecule is CCOC(=O)c1nnsc1SCC1=C(C(=O)O)N2C(=O)[C@@H](NC(=O)/C(=N\OCc3cc(=O)c(O)cn3O)c3csc(N)n3)[C@H]2SC1. The lowest BCUT2D eigenvalue weighted by Crippen LogP contribution is -2.71. The lowest BCUT2D eigenvalue weighted by molar-refractivity contribution is -0.150. The van der Waals surface area contributed by atoms with Crippen LogP contribution in [0.15, 0.2) is 43.1 Å². The van der Waals surface area contributed by atoms with Crippen LogP contribution in [0, 0.1) is 0 Å². The molecule has 22 heteroatoms. The summed E-state index contributed by atoms with van der Waals surface area (Å²) in [7, 11) is 0. The van der Waals surface area contributed by atoms with Gasteiger partial charge in [0.2, 0.25) is 5.43 Å². The Bertz CT molecular complexity index is 1840. The van der Waals surface area contributed by atoms with Gasteiger partial charge in [0.05, 0.1) is 12.8 Å². The number of carbonyl (C=O) groups excluding carboxylic acids is 3. The number of ether oxygens (including phenoxy) is 1. The predicted molar refractivity (Wildman–Crippen MR) is 164 cm³/mol. The zero-order chi connectivity index (χ0) is 33.1. The quantitative estimate of drug-likeness (QED) is 0.0423. The predicted octanol–water partition coefficient (Wildman–Crippen LogP) is 0.310. The minimum Gasteiger partial charge on any atom is -0.503 e. The van der Waals surface area contributed by atoms with E-state index in [1.165, 1.54) is 17.1 Å². The number of carboxylic acids is 1. The van der Waals surface area contributed by atoms with Gasteiger partial charge in [0.25, 0.3) is 11.8 Å². The Kier molecular flexibility index (Phi) is 9.79. The number of β-lactam (4-membered cyclic amide) rings is 1. The molecule has 0 aromatic carbocycles. The van der Waals surface area contributed by atoms with E-state index in [1.54, 1.807) is 6.92 Å². The van der Waals surface area contributed by atoms with E-state index in [1.807, 2.05) is 0 Å². The largest absolute Gasteiger partial charge is 0.503 e. The van der Waals surface area contributed by atoms with Crippen LogP contribution in [0.5, 0.6) is 5.75 Å². The fourth-order valence-corrected chi connectivity index (χ4v) is 7.91. The van der Waals surface area contributed by atoms with Crippen molar-refractivity contribution in [3.05, 3.63) is 56.2 Å². The number of nitrogens with one attached hydrogen (secondary N) is 1. The Labute approximate surface area is 274 Å². The zero-order valence-electron chi connectivity index (χ0n) is 23.3. The number of carbonyl (C=O) groups is 4. The molecule has 0 radical (unpaired) electrons. The lowest BCUT2D eigenvalue weighted by atomic mass is 10.0. The summed E-state index contributed by atoms with van der Waals surface area (Å²) >= 11 is 4.34. The number of aliphatic carboxylic acids is 1. The van der Waals surface area contributed by atoms with Gasteiger partial charge in [-0.3, -0.25) is 19.3 Å². The van der Waals surface area contributed by atoms with Crippen molar-refractivity contribution in [1.82, 2.24) is 29.5 Å². The molecule has 0 saturated carbocycles. The summed E-state index contributed by atoms with van der Waals surface area (Å²) in [5.74, 6) is -3.91. The number of esters is 1. The highest BCUT2D eigenvalue weighted by Crippen LogP contribution is 2.42. The highest BCUT2D eigenvalue weighted by molar-refractivity contribution is 8.02. The van der Waals surface area contributed by atoms with Gasteiger partial charge in [0, 0.05) is 23.0 Å². The van der Waals surface area contributed by atoms with Gasteiger partial charge in [0.15, 0.2) is 28.9 Å². The topological polar surface area (TPSA) is 262 Å².